The highest BCUT2D eigenvalue weighted by Crippen LogP contribution is 2.16. The molecule has 1 heterocycles. The molecule has 9 heavy (non-hydrogen) atoms. The van der Waals surface area contributed by atoms with Crippen molar-refractivity contribution in [2.75, 3.05) is 13.7 Å². The molecule has 1 aliphatic heterocycles. The molecule has 0 amide bonds. The topological polar surface area (TPSA) is 41.9 Å². The summed E-state index contributed by atoms with van der Waals surface area (Å²) in [6, 6.07) is 0. The van der Waals surface area contributed by atoms with Gasteiger partial charge in [-0.25, -0.2) is 5.01 Å². The number of hydrogen-bond acceptors (Lipinski definition) is 3. The molecule has 0 saturated carbocycles. The summed E-state index contributed by atoms with van der Waals surface area (Å²) in [5, 5.41) is 4.23. The highest BCUT2D eigenvalue weighted by molar-refractivity contribution is 4.67. The number of hydrogen-bond donors (Lipinski definition) is 0. The lowest BCUT2D eigenvalue weighted by Crippen LogP contribution is -2.24. The zero-order chi connectivity index (χ0) is 6.69. The first kappa shape index (κ1) is 6.48. The Morgan fingerprint density at radius 3 is 3.00 bits per heavy atom. The van der Waals surface area contributed by atoms with Crippen molar-refractivity contribution < 1.29 is 4.74 Å². The van der Waals surface area contributed by atoms with Crippen LogP contribution < -0.4 is 0 Å². The van der Waals surface area contributed by atoms with E-state index in [1.165, 1.54) is 5.01 Å². The third-order valence-electron chi connectivity index (χ3n) is 1.55. The van der Waals surface area contributed by atoms with Crippen LogP contribution in [0, 0.1) is 4.91 Å². The van der Waals surface area contributed by atoms with Crippen molar-refractivity contribution in [2.24, 2.45) is 5.29 Å². The van der Waals surface area contributed by atoms with Crippen molar-refractivity contribution in [3.8, 4) is 0 Å². The summed E-state index contributed by atoms with van der Waals surface area (Å²) in [4.78, 5) is 9.97. The molecular formula is C5H10N2O2. The van der Waals surface area contributed by atoms with E-state index < -0.39 is 0 Å². The predicted molar refractivity (Wildman–Crippen MR) is 32.5 cm³/mol. The third kappa shape index (κ3) is 1.18. The van der Waals surface area contributed by atoms with Crippen molar-refractivity contribution in [1.82, 2.24) is 5.01 Å². The molecule has 1 rings (SSSR count). The molecule has 52 valence electrons. The fourth-order valence-corrected chi connectivity index (χ4v) is 1.05. The standard InChI is InChI=1S/C5H10N2O2/c1-9-5-3-2-4-7(5)6-8/h5H,2-4H2,1H3/t5-/m0/s1. The van der Waals surface area contributed by atoms with E-state index in [9.17, 15) is 4.91 Å². The monoisotopic (exact) mass is 130 g/mol. The van der Waals surface area contributed by atoms with E-state index in [1.807, 2.05) is 0 Å². The highest BCUT2D eigenvalue weighted by atomic mass is 16.5. The summed E-state index contributed by atoms with van der Waals surface area (Å²) >= 11 is 0. The Balaban J connectivity index is 2.41. The largest absolute Gasteiger partial charge is 0.360 e. The van der Waals surface area contributed by atoms with E-state index in [2.05, 4.69) is 5.29 Å². The van der Waals surface area contributed by atoms with E-state index >= 15 is 0 Å². The highest BCUT2D eigenvalue weighted by Gasteiger charge is 2.23. The average Bonchev–Trinajstić information content (AvgIpc) is 2.33. The van der Waals surface area contributed by atoms with Gasteiger partial charge in [0.1, 0.15) is 6.23 Å². The Morgan fingerprint density at radius 2 is 2.56 bits per heavy atom. The van der Waals surface area contributed by atoms with Crippen LogP contribution in [-0.2, 0) is 4.74 Å². The summed E-state index contributed by atoms with van der Waals surface area (Å²) < 4.78 is 4.95. The molecule has 1 saturated heterocycles. The van der Waals surface area contributed by atoms with Crippen molar-refractivity contribution in [2.45, 2.75) is 19.1 Å². The third-order valence-corrected chi connectivity index (χ3v) is 1.55. The maximum absolute atomic E-state index is 9.97. The van der Waals surface area contributed by atoms with Gasteiger partial charge in [-0.3, -0.25) is 0 Å². The van der Waals surface area contributed by atoms with E-state index in [-0.39, 0.29) is 6.23 Å². The van der Waals surface area contributed by atoms with Crippen LogP contribution in [0.5, 0.6) is 0 Å². The van der Waals surface area contributed by atoms with Gasteiger partial charge in [0.05, 0.1) is 5.29 Å². The Morgan fingerprint density at radius 1 is 1.78 bits per heavy atom. The van der Waals surface area contributed by atoms with Crippen molar-refractivity contribution in [1.29, 1.82) is 0 Å². The molecular weight excluding hydrogens is 120 g/mol. The molecule has 4 heteroatoms. The van der Waals surface area contributed by atoms with E-state index in [0.717, 1.165) is 19.4 Å². The van der Waals surface area contributed by atoms with Crippen LogP contribution in [0.1, 0.15) is 12.8 Å². The Labute approximate surface area is 53.7 Å². The van der Waals surface area contributed by atoms with Crippen LogP contribution in [0.15, 0.2) is 5.29 Å². The van der Waals surface area contributed by atoms with Gasteiger partial charge in [-0.1, -0.05) is 0 Å². The van der Waals surface area contributed by atoms with Crippen LogP contribution in [0.4, 0.5) is 0 Å². The maximum atomic E-state index is 9.97. The molecule has 0 aromatic rings. The zero-order valence-corrected chi connectivity index (χ0v) is 5.41. The average molecular weight is 130 g/mol. The van der Waals surface area contributed by atoms with Crippen molar-refractivity contribution in [3.05, 3.63) is 4.91 Å². The normalized spacial score (nSPS) is 26.8. The number of ether oxygens (including phenoxy) is 1. The molecule has 1 aliphatic rings. The number of nitroso groups, excluding NO2 is 1. The second-order valence-electron chi connectivity index (χ2n) is 2.08. The molecule has 0 aromatic carbocycles. The first-order chi connectivity index (χ1) is 4.38. The fraction of sp³-hybridized carbons (Fsp3) is 1.00. The molecule has 1 atom stereocenters. The van der Waals surface area contributed by atoms with Gasteiger partial charge in [0.25, 0.3) is 0 Å². The van der Waals surface area contributed by atoms with E-state index in [1.54, 1.807) is 7.11 Å². The van der Waals surface area contributed by atoms with Gasteiger partial charge in [-0.05, 0) is 12.8 Å². The van der Waals surface area contributed by atoms with Crippen LogP contribution in [0.25, 0.3) is 0 Å². The molecule has 0 N–H and O–H groups in total. The van der Waals surface area contributed by atoms with E-state index in [0.29, 0.717) is 0 Å². The second kappa shape index (κ2) is 2.77. The fourth-order valence-electron chi connectivity index (χ4n) is 1.05. The predicted octanol–water partition coefficient (Wildman–Crippen LogP) is 0.736. The van der Waals surface area contributed by atoms with Crippen LogP contribution in [-0.4, -0.2) is 24.9 Å². The first-order valence-corrected chi connectivity index (χ1v) is 3.01. The molecule has 0 radical (unpaired) electrons. The van der Waals surface area contributed by atoms with Gasteiger partial charge in [0.15, 0.2) is 0 Å². The lowest BCUT2D eigenvalue weighted by Gasteiger charge is -2.14. The SMILES string of the molecule is CO[C@H]1CCCN1N=O. The Kier molecular flexibility index (Phi) is 2.00. The molecule has 0 unspecified atom stereocenters. The van der Waals surface area contributed by atoms with Crippen LogP contribution in [0.2, 0.25) is 0 Å². The van der Waals surface area contributed by atoms with Crippen LogP contribution in [0.3, 0.4) is 0 Å². The first-order valence-electron chi connectivity index (χ1n) is 3.01. The number of methoxy groups -OCH3 is 1. The summed E-state index contributed by atoms with van der Waals surface area (Å²) in [5.41, 5.74) is 0. The molecule has 1 fully saturated rings. The minimum atomic E-state index is -0.0671. The minimum absolute atomic E-state index is 0.0671. The van der Waals surface area contributed by atoms with E-state index in [4.69, 9.17) is 4.74 Å². The molecule has 0 aliphatic carbocycles. The Bertz CT molecular complexity index is 107. The summed E-state index contributed by atoms with van der Waals surface area (Å²) in [6.45, 7) is 0.738. The summed E-state index contributed by atoms with van der Waals surface area (Å²) in [6.07, 6.45) is 1.86. The summed E-state index contributed by atoms with van der Waals surface area (Å²) in [7, 11) is 1.59. The molecule has 0 aromatic heterocycles. The van der Waals surface area contributed by atoms with Crippen LogP contribution >= 0.6 is 0 Å². The lowest BCUT2D eigenvalue weighted by atomic mass is 10.4. The summed E-state index contributed by atoms with van der Waals surface area (Å²) in [5.74, 6) is 0. The number of nitrogens with zero attached hydrogens (tertiary/aromatic N) is 2. The molecule has 0 bridgehead atoms. The van der Waals surface area contributed by atoms with Crippen molar-refractivity contribution >= 4 is 0 Å². The zero-order valence-electron chi connectivity index (χ0n) is 5.41. The molecule has 0 spiro atoms. The minimum Gasteiger partial charge on any atom is -0.360 e. The van der Waals surface area contributed by atoms with Gasteiger partial charge in [0.2, 0.25) is 0 Å². The smallest absolute Gasteiger partial charge is 0.148 e. The lowest BCUT2D eigenvalue weighted by molar-refractivity contribution is -0.00345. The van der Waals surface area contributed by atoms with Crippen molar-refractivity contribution in [3.63, 3.8) is 0 Å². The van der Waals surface area contributed by atoms with Gasteiger partial charge < -0.3 is 4.74 Å². The van der Waals surface area contributed by atoms with Gasteiger partial charge >= 0.3 is 0 Å². The van der Waals surface area contributed by atoms with Gasteiger partial charge in [-0.2, -0.15) is 0 Å². The van der Waals surface area contributed by atoms with Gasteiger partial charge in [0, 0.05) is 13.7 Å². The number of rotatable bonds is 2. The Hall–Kier alpha value is -0.640. The quantitative estimate of drug-likeness (QED) is 0.517. The maximum Gasteiger partial charge on any atom is 0.148 e. The molecule has 4 nitrogen and oxygen atoms in total. The second-order valence-corrected chi connectivity index (χ2v) is 2.08. The van der Waals surface area contributed by atoms with Gasteiger partial charge in [-0.15, -0.1) is 4.91 Å².